The minimum absolute atomic E-state index is 0.135. The quantitative estimate of drug-likeness (QED) is 0.834. The molecule has 1 aliphatic heterocycles. The highest BCUT2D eigenvalue weighted by Crippen LogP contribution is 2.25. The number of aliphatic carboxylic acids is 1. The van der Waals surface area contributed by atoms with Gasteiger partial charge in [0.1, 0.15) is 6.04 Å². The van der Waals surface area contributed by atoms with Crippen LogP contribution in [-0.4, -0.2) is 26.9 Å². The van der Waals surface area contributed by atoms with E-state index in [-0.39, 0.29) is 6.04 Å². The molecule has 1 aromatic heterocycles. The molecule has 0 aliphatic carbocycles. The van der Waals surface area contributed by atoms with Crippen LogP contribution in [0.5, 0.6) is 0 Å². The smallest absolute Gasteiger partial charge is 0.320 e. The van der Waals surface area contributed by atoms with E-state index in [0.717, 1.165) is 37.8 Å². The largest absolute Gasteiger partial charge is 0.480 e. The van der Waals surface area contributed by atoms with Gasteiger partial charge >= 0.3 is 5.97 Å². The number of carboxylic acid groups (broad SMARTS) is 1. The first kappa shape index (κ1) is 12.1. The second kappa shape index (κ2) is 5.31. The number of carboxylic acids is 1. The third kappa shape index (κ3) is 2.85. The average molecular weight is 237 g/mol. The van der Waals surface area contributed by atoms with E-state index in [1.54, 1.807) is 0 Å². The fourth-order valence-corrected chi connectivity index (χ4v) is 2.30. The Kier molecular flexibility index (Phi) is 3.78. The van der Waals surface area contributed by atoms with Crippen molar-refractivity contribution in [2.45, 2.75) is 51.2 Å². The number of piperidine rings is 1. The van der Waals surface area contributed by atoms with E-state index in [1.165, 1.54) is 0 Å². The van der Waals surface area contributed by atoms with Gasteiger partial charge in [0.15, 0.2) is 0 Å². The lowest BCUT2D eigenvalue weighted by molar-refractivity contribution is -0.140. The molecule has 2 rings (SSSR count). The van der Waals surface area contributed by atoms with Crippen LogP contribution >= 0.6 is 0 Å². The summed E-state index contributed by atoms with van der Waals surface area (Å²) in [5.74, 6) is -0.754. The minimum Gasteiger partial charge on any atom is -0.480 e. The molecule has 0 amide bonds. The van der Waals surface area contributed by atoms with Crippen molar-refractivity contribution in [1.29, 1.82) is 0 Å². The van der Waals surface area contributed by atoms with Crippen LogP contribution in [0.4, 0.5) is 0 Å². The van der Waals surface area contributed by atoms with Gasteiger partial charge < -0.3 is 5.11 Å². The summed E-state index contributed by atoms with van der Waals surface area (Å²) in [4.78, 5) is 11.0. The highest BCUT2D eigenvalue weighted by Gasteiger charge is 2.27. The Bertz CT molecular complexity index is 389. The van der Waals surface area contributed by atoms with Crippen LogP contribution in [-0.2, 0) is 11.3 Å². The first-order valence-corrected chi connectivity index (χ1v) is 6.22. The summed E-state index contributed by atoms with van der Waals surface area (Å²) in [7, 11) is 0. The number of hydrogen-bond donors (Lipinski definition) is 2. The van der Waals surface area contributed by atoms with Crippen LogP contribution in [0.25, 0.3) is 0 Å². The van der Waals surface area contributed by atoms with Crippen molar-refractivity contribution >= 4 is 5.97 Å². The van der Waals surface area contributed by atoms with Crippen LogP contribution in [0.1, 0.15) is 44.2 Å². The van der Waals surface area contributed by atoms with Crippen LogP contribution in [0.3, 0.4) is 0 Å². The van der Waals surface area contributed by atoms with Gasteiger partial charge in [0.05, 0.1) is 6.20 Å². The lowest BCUT2D eigenvalue weighted by Crippen LogP contribution is -2.42. The van der Waals surface area contributed by atoms with E-state index in [9.17, 15) is 4.79 Å². The highest BCUT2D eigenvalue weighted by molar-refractivity contribution is 5.73. The van der Waals surface area contributed by atoms with Crippen LogP contribution in [0.2, 0.25) is 0 Å². The molecule has 0 saturated carbocycles. The molecule has 0 spiro atoms. The third-order valence-electron chi connectivity index (χ3n) is 3.19. The molecule has 0 bridgehead atoms. The van der Waals surface area contributed by atoms with Crippen LogP contribution < -0.4 is 5.32 Å². The molecule has 2 N–H and O–H groups in total. The molecule has 17 heavy (non-hydrogen) atoms. The number of hydrogen-bond acceptors (Lipinski definition) is 3. The number of aryl methyl sites for hydroxylation is 1. The molecular weight excluding hydrogens is 218 g/mol. The molecule has 94 valence electrons. The van der Waals surface area contributed by atoms with Gasteiger partial charge in [0, 0.05) is 24.3 Å². The lowest BCUT2D eigenvalue weighted by Gasteiger charge is -2.27. The maximum atomic E-state index is 11.0. The number of nitrogens with zero attached hydrogens (tertiary/aromatic N) is 2. The molecule has 0 aromatic carbocycles. The maximum Gasteiger partial charge on any atom is 0.320 e. The Morgan fingerprint density at radius 3 is 3.18 bits per heavy atom. The van der Waals surface area contributed by atoms with E-state index in [2.05, 4.69) is 17.3 Å². The molecule has 1 aliphatic rings. The third-order valence-corrected chi connectivity index (χ3v) is 3.19. The minimum atomic E-state index is -0.754. The zero-order chi connectivity index (χ0) is 12.3. The molecule has 2 heterocycles. The standard InChI is InChI=1S/C12H19N3O2/c1-2-6-15-8-9(7-13-15)10-4-3-5-11(14-10)12(16)17/h7-8,10-11,14H,2-6H2,1H3,(H,16,17). The average Bonchev–Trinajstić information content (AvgIpc) is 2.78. The van der Waals surface area contributed by atoms with E-state index in [0.29, 0.717) is 0 Å². The van der Waals surface area contributed by atoms with Gasteiger partial charge in [-0.15, -0.1) is 0 Å². The number of nitrogens with one attached hydrogen (secondary N) is 1. The van der Waals surface area contributed by atoms with E-state index >= 15 is 0 Å². The summed E-state index contributed by atoms with van der Waals surface area (Å²) in [6.07, 6.45) is 7.57. The van der Waals surface area contributed by atoms with Crippen LogP contribution in [0, 0.1) is 0 Å². The van der Waals surface area contributed by atoms with E-state index in [1.807, 2.05) is 17.1 Å². The summed E-state index contributed by atoms with van der Waals surface area (Å²) < 4.78 is 1.92. The molecule has 5 nitrogen and oxygen atoms in total. The van der Waals surface area contributed by atoms with Gasteiger partial charge in [-0.2, -0.15) is 5.10 Å². The Hall–Kier alpha value is -1.36. The maximum absolute atomic E-state index is 11.0. The summed E-state index contributed by atoms with van der Waals surface area (Å²) in [5, 5.41) is 16.5. The van der Waals surface area contributed by atoms with E-state index in [4.69, 9.17) is 5.11 Å². The van der Waals surface area contributed by atoms with Gasteiger partial charge in [0.25, 0.3) is 0 Å². The zero-order valence-corrected chi connectivity index (χ0v) is 10.1. The summed E-state index contributed by atoms with van der Waals surface area (Å²) in [5.41, 5.74) is 1.10. The lowest BCUT2D eigenvalue weighted by atomic mass is 9.95. The SMILES string of the molecule is CCCn1cc(C2CCCC(C(=O)O)N2)cn1. The van der Waals surface area contributed by atoms with Gasteiger partial charge in [-0.3, -0.25) is 14.8 Å². The Labute approximate surface area is 101 Å². The summed E-state index contributed by atoms with van der Waals surface area (Å²) in [6.45, 7) is 3.02. The monoisotopic (exact) mass is 237 g/mol. The Balaban J connectivity index is 2.02. The van der Waals surface area contributed by atoms with Crippen molar-refractivity contribution in [2.24, 2.45) is 0 Å². The normalized spacial score (nSPS) is 24.8. The van der Waals surface area contributed by atoms with Gasteiger partial charge in [-0.25, -0.2) is 0 Å². The van der Waals surface area contributed by atoms with Crippen LogP contribution in [0.15, 0.2) is 12.4 Å². The molecule has 1 fully saturated rings. The molecule has 2 atom stereocenters. The predicted molar refractivity (Wildman–Crippen MR) is 63.7 cm³/mol. The zero-order valence-electron chi connectivity index (χ0n) is 10.1. The topological polar surface area (TPSA) is 67.2 Å². The second-order valence-corrected chi connectivity index (χ2v) is 4.58. The molecule has 1 aromatic rings. The van der Waals surface area contributed by atoms with Gasteiger partial charge in [0.2, 0.25) is 0 Å². The molecular formula is C12H19N3O2. The molecule has 1 saturated heterocycles. The Morgan fingerprint density at radius 2 is 2.47 bits per heavy atom. The molecule has 0 radical (unpaired) electrons. The van der Waals surface area contributed by atoms with Crippen molar-refractivity contribution in [1.82, 2.24) is 15.1 Å². The van der Waals surface area contributed by atoms with Gasteiger partial charge in [-0.05, 0) is 25.7 Å². The number of carbonyl (C=O) groups is 1. The van der Waals surface area contributed by atoms with Crippen molar-refractivity contribution in [3.63, 3.8) is 0 Å². The number of rotatable bonds is 4. The summed E-state index contributed by atoms with van der Waals surface area (Å²) in [6, 6.07) is -0.279. The van der Waals surface area contributed by atoms with Crippen molar-refractivity contribution < 1.29 is 9.90 Å². The fraction of sp³-hybridized carbons (Fsp3) is 0.667. The summed E-state index contributed by atoms with van der Waals surface area (Å²) >= 11 is 0. The Morgan fingerprint density at radius 1 is 1.65 bits per heavy atom. The molecule has 2 unspecified atom stereocenters. The van der Waals surface area contributed by atoms with Crippen molar-refractivity contribution in [3.05, 3.63) is 18.0 Å². The fourth-order valence-electron chi connectivity index (χ4n) is 2.30. The van der Waals surface area contributed by atoms with Gasteiger partial charge in [-0.1, -0.05) is 6.92 Å². The number of aromatic nitrogens is 2. The molecule has 5 heteroatoms. The van der Waals surface area contributed by atoms with E-state index < -0.39 is 12.0 Å². The van der Waals surface area contributed by atoms with Crippen molar-refractivity contribution in [2.75, 3.05) is 0 Å². The first-order chi connectivity index (χ1) is 8.20. The van der Waals surface area contributed by atoms with Crippen molar-refractivity contribution in [3.8, 4) is 0 Å². The second-order valence-electron chi connectivity index (χ2n) is 4.58. The predicted octanol–water partition coefficient (Wildman–Crippen LogP) is 1.56. The first-order valence-electron chi connectivity index (χ1n) is 6.22. The highest BCUT2D eigenvalue weighted by atomic mass is 16.4.